The van der Waals surface area contributed by atoms with Crippen LogP contribution in [0.15, 0.2) is 48.5 Å². The monoisotopic (exact) mass is 437 g/mol. The molecule has 1 aliphatic rings. The first-order valence-corrected chi connectivity index (χ1v) is 10.0. The van der Waals surface area contributed by atoms with Crippen LogP contribution in [0.4, 0.5) is 5.69 Å². The van der Waals surface area contributed by atoms with Gasteiger partial charge in [-0.2, -0.15) is 0 Å². The third-order valence-electron chi connectivity index (χ3n) is 5.29. The Labute approximate surface area is 187 Å². The summed E-state index contributed by atoms with van der Waals surface area (Å²) < 4.78 is 0. The highest BCUT2D eigenvalue weighted by Gasteiger charge is 2.15. The van der Waals surface area contributed by atoms with E-state index in [2.05, 4.69) is 59.7 Å². The molecule has 0 aromatic heterocycles. The Morgan fingerprint density at radius 3 is 2.66 bits per heavy atom. The van der Waals surface area contributed by atoms with Crippen molar-refractivity contribution in [1.29, 1.82) is 0 Å². The van der Waals surface area contributed by atoms with Crippen molar-refractivity contribution in [2.45, 2.75) is 26.7 Å². The first kappa shape index (κ1) is 25.3. The number of carbonyl (C=O) groups is 1. The van der Waals surface area contributed by atoms with E-state index in [0.717, 1.165) is 38.2 Å². The van der Waals surface area contributed by atoms with E-state index in [1.165, 1.54) is 23.2 Å². The number of halogens is 2. The lowest BCUT2D eigenvalue weighted by Gasteiger charge is -2.23. The molecule has 3 rings (SSSR count). The Bertz CT molecular complexity index is 763. The van der Waals surface area contributed by atoms with Gasteiger partial charge in [-0.3, -0.25) is 4.79 Å². The van der Waals surface area contributed by atoms with Crippen molar-refractivity contribution in [2.24, 2.45) is 5.92 Å². The molecule has 6 heteroatoms. The van der Waals surface area contributed by atoms with Gasteiger partial charge in [0.05, 0.1) is 0 Å². The lowest BCUT2D eigenvalue weighted by molar-refractivity contribution is 0.0954. The molecular formula is C23H33Cl2N3O. The summed E-state index contributed by atoms with van der Waals surface area (Å²) in [6.45, 7) is 8.81. The minimum Gasteiger partial charge on any atom is -0.370 e. The molecule has 1 amide bonds. The molecule has 4 nitrogen and oxygen atoms in total. The maximum Gasteiger partial charge on any atom is 0.251 e. The summed E-state index contributed by atoms with van der Waals surface area (Å²) in [7, 11) is 0. The van der Waals surface area contributed by atoms with E-state index in [4.69, 9.17) is 0 Å². The average Bonchev–Trinajstić information content (AvgIpc) is 3.18. The normalized spacial score (nSPS) is 15.2. The number of anilines is 1. The van der Waals surface area contributed by atoms with Gasteiger partial charge in [0.25, 0.3) is 5.91 Å². The van der Waals surface area contributed by atoms with Gasteiger partial charge in [-0.15, -0.1) is 24.8 Å². The van der Waals surface area contributed by atoms with E-state index in [1.807, 2.05) is 18.2 Å². The predicted octanol–water partition coefficient (Wildman–Crippen LogP) is 4.25. The van der Waals surface area contributed by atoms with Crippen LogP contribution in [-0.4, -0.2) is 38.6 Å². The Balaban J connectivity index is 0.00000210. The number of nitrogens with one attached hydrogen (secondary N) is 2. The molecule has 0 bridgehead atoms. The fourth-order valence-electron chi connectivity index (χ4n) is 3.76. The van der Waals surface area contributed by atoms with Crippen LogP contribution in [0.5, 0.6) is 0 Å². The van der Waals surface area contributed by atoms with Gasteiger partial charge in [0.1, 0.15) is 0 Å². The summed E-state index contributed by atoms with van der Waals surface area (Å²) >= 11 is 0. The van der Waals surface area contributed by atoms with Crippen LogP contribution in [0.2, 0.25) is 0 Å². The number of aryl methyl sites for hydroxylation is 1. The summed E-state index contributed by atoms with van der Waals surface area (Å²) in [4.78, 5) is 14.8. The summed E-state index contributed by atoms with van der Waals surface area (Å²) in [5.74, 6) is 0.706. The number of hydrogen-bond acceptors (Lipinski definition) is 3. The Morgan fingerprint density at radius 2 is 1.97 bits per heavy atom. The van der Waals surface area contributed by atoms with Crippen molar-refractivity contribution in [3.8, 4) is 0 Å². The van der Waals surface area contributed by atoms with Crippen LogP contribution in [0.25, 0.3) is 0 Å². The Hall–Kier alpha value is -1.75. The van der Waals surface area contributed by atoms with E-state index in [-0.39, 0.29) is 30.7 Å². The zero-order valence-corrected chi connectivity index (χ0v) is 19.0. The van der Waals surface area contributed by atoms with Crippen LogP contribution in [-0.2, 0) is 6.42 Å². The van der Waals surface area contributed by atoms with Crippen molar-refractivity contribution in [2.75, 3.05) is 37.6 Å². The summed E-state index contributed by atoms with van der Waals surface area (Å²) in [5, 5.41) is 6.48. The molecule has 160 valence electrons. The first-order chi connectivity index (χ1) is 13.2. The fourth-order valence-corrected chi connectivity index (χ4v) is 3.76. The standard InChI is InChI=1S/C23H31N3O.2ClH/c1-3-26(22-9-4-6-18(2)14-22)13-12-25-23(27)21-8-5-7-19(16-21)15-20-10-11-24-17-20;;/h4-9,14,16,20,24H,3,10-13,15,17H2,1-2H3,(H,25,27);2*1H. The highest BCUT2D eigenvalue weighted by Crippen LogP contribution is 2.17. The third kappa shape index (κ3) is 7.54. The smallest absolute Gasteiger partial charge is 0.251 e. The van der Waals surface area contributed by atoms with Gasteiger partial charge in [0.15, 0.2) is 0 Å². The summed E-state index contributed by atoms with van der Waals surface area (Å²) in [6.07, 6.45) is 2.27. The maximum absolute atomic E-state index is 12.6. The number of benzene rings is 2. The van der Waals surface area contributed by atoms with Crippen molar-refractivity contribution in [1.82, 2.24) is 10.6 Å². The zero-order valence-electron chi connectivity index (χ0n) is 17.3. The molecule has 1 unspecified atom stereocenters. The highest BCUT2D eigenvalue weighted by atomic mass is 35.5. The van der Waals surface area contributed by atoms with Crippen LogP contribution < -0.4 is 15.5 Å². The molecule has 2 aromatic rings. The molecule has 0 saturated carbocycles. The Kier molecular flexibility index (Phi) is 11.1. The van der Waals surface area contributed by atoms with Crippen LogP contribution in [0, 0.1) is 12.8 Å². The van der Waals surface area contributed by atoms with Gasteiger partial charge < -0.3 is 15.5 Å². The van der Waals surface area contributed by atoms with Crippen molar-refractivity contribution < 1.29 is 4.79 Å². The fraction of sp³-hybridized carbons (Fsp3) is 0.435. The van der Waals surface area contributed by atoms with Gasteiger partial charge in [0.2, 0.25) is 0 Å². The van der Waals surface area contributed by atoms with E-state index in [0.29, 0.717) is 12.5 Å². The zero-order chi connectivity index (χ0) is 19.1. The van der Waals surface area contributed by atoms with E-state index >= 15 is 0 Å². The minimum atomic E-state index is 0. The van der Waals surface area contributed by atoms with Crippen molar-refractivity contribution >= 4 is 36.4 Å². The van der Waals surface area contributed by atoms with E-state index < -0.39 is 0 Å². The SMILES string of the molecule is CCN(CCNC(=O)c1cccc(CC2CCNC2)c1)c1cccc(C)c1.Cl.Cl. The second kappa shape index (κ2) is 12.7. The van der Waals surface area contributed by atoms with Gasteiger partial charge in [0, 0.05) is 30.9 Å². The van der Waals surface area contributed by atoms with Crippen molar-refractivity contribution in [3.05, 3.63) is 65.2 Å². The molecule has 1 atom stereocenters. The van der Waals surface area contributed by atoms with Crippen LogP contribution >= 0.6 is 24.8 Å². The van der Waals surface area contributed by atoms with Gasteiger partial charge in [-0.1, -0.05) is 24.3 Å². The topological polar surface area (TPSA) is 44.4 Å². The molecule has 1 aliphatic heterocycles. The predicted molar refractivity (Wildman–Crippen MR) is 127 cm³/mol. The van der Waals surface area contributed by atoms with Gasteiger partial charge in [-0.25, -0.2) is 0 Å². The molecule has 1 saturated heterocycles. The molecule has 0 radical (unpaired) electrons. The summed E-state index contributed by atoms with van der Waals surface area (Å²) in [6, 6.07) is 16.6. The lowest BCUT2D eigenvalue weighted by atomic mass is 9.97. The molecule has 29 heavy (non-hydrogen) atoms. The average molecular weight is 438 g/mol. The minimum absolute atomic E-state index is 0. The molecule has 0 spiro atoms. The number of nitrogens with zero attached hydrogens (tertiary/aromatic N) is 1. The largest absolute Gasteiger partial charge is 0.370 e. The van der Waals surface area contributed by atoms with Crippen LogP contribution in [0.1, 0.15) is 34.8 Å². The van der Waals surface area contributed by atoms with E-state index in [9.17, 15) is 4.79 Å². The molecule has 2 aromatic carbocycles. The number of likely N-dealkylation sites (N-methyl/N-ethyl adjacent to an activating group) is 1. The maximum atomic E-state index is 12.6. The van der Waals surface area contributed by atoms with Gasteiger partial charge in [-0.05, 0) is 81.1 Å². The van der Waals surface area contributed by atoms with Gasteiger partial charge >= 0.3 is 0 Å². The number of carbonyl (C=O) groups excluding carboxylic acids is 1. The molecular weight excluding hydrogens is 405 g/mol. The quantitative estimate of drug-likeness (QED) is 0.648. The molecule has 1 heterocycles. The third-order valence-corrected chi connectivity index (χ3v) is 5.29. The number of amides is 1. The first-order valence-electron chi connectivity index (χ1n) is 10.0. The van der Waals surface area contributed by atoms with E-state index in [1.54, 1.807) is 0 Å². The second-order valence-corrected chi connectivity index (χ2v) is 7.44. The highest BCUT2D eigenvalue weighted by molar-refractivity contribution is 5.94. The molecule has 0 aliphatic carbocycles. The Morgan fingerprint density at radius 1 is 1.17 bits per heavy atom. The molecule has 2 N–H and O–H groups in total. The van der Waals surface area contributed by atoms with Crippen LogP contribution in [0.3, 0.4) is 0 Å². The molecule has 1 fully saturated rings. The lowest BCUT2D eigenvalue weighted by Crippen LogP contribution is -2.35. The number of hydrogen-bond donors (Lipinski definition) is 2. The second-order valence-electron chi connectivity index (χ2n) is 7.44. The number of rotatable bonds is 8. The summed E-state index contributed by atoms with van der Waals surface area (Å²) in [5.41, 5.74) is 4.48. The van der Waals surface area contributed by atoms with Crippen molar-refractivity contribution in [3.63, 3.8) is 0 Å².